The molecular formula is C14H13N5O4. The van der Waals surface area contributed by atoms with Crippen LogP contribution in [0.25, 0.3) is 22.6 Å². The predicted molar refractivity (Wildman–Crippen MR) is 80.2 cm³/mol. The van der Waals surface area contributed by atoms with Gasteiger partial charge >= 0.3 is 5.97 Å². The number of benzene rings is 1. The Morgan fingerprint density at radius 3 is 2.91 bits per heavy atom. The van der Waals surface area contributed by atoms with E-state index in [0.717, 1.165) is 0 Å². The summed E-state index contributed by atoms with van der Waals surface area (Å²) in [7, 11) is 0. The molecule has 0 bridgehead atoms. The third-order valence-electron chi connectivity index (χ3n) is 3.15. The van der Waals surface area contributed by atoms with E-state index in [2.05, 4.69) is 25.4 Å². The molecule has 0 radical (unpaired) electrons. The first kappa shape index (κ1) is 14.7. The Kier molecular flexibility index (Phi) is 3.75. The van der Waals surface area contributed by atoms with Gasteiger partial charge in [0.05, 0.1) is 18.6 Å². The Balaban J connectivity index is 2.12. The summed E-state index contributed by atoms with van der Waals surface area (Å²) in [5.74, 6) is -0.213. The summed E-state index contributed by atoms with van der Waals surface area (Å²) >= 11 is 0. The van der Waals surface area contributed by atoms with Gasteiger partial charge in [-0.3, -0.25) is 9.59 Å². The van der Waals surface area contributed by atoms with Crippen molar-refractivity contribution in [3.05, 3.63) is 34.1 Å². The van der Waals surface area contributed by atoms with Crippen LogP contribution in [0.2, 0.25) is 0 Å². The first-order valence-electron chi connectivity index (χ1n) is 6.87. The summed E-state index contributed by atoms with van der Waals surface area (Å²) in [6, 6.07) is 4.94. The molecule has 0 unspecified atom stereocenters. The molecule has 0 aliphatic heterocycles. The summed E-state index contributed by atoms with van der Waals surface area (Å²) in [5, 5.41) is 18.8. The summed E-state index contributed by atoms with van der Waals surface area (Å²) in [6.45, 7) is 2.20. The predicted octanol–water partition coefficient (Wildman–Crippen LogP) is 0.734. The maximum atomic E-state index is 12.0. The van der Waals surface area contributed by atoms with Crippen molar-refractivity contribution in [3.63, 3.8) is 0 Å². The quantitative estimate of drug-likeness (QED) is 0.632. The second-order valence-corrected chi connectivity index (χ2v) is 4.74. The maximum absolute atomic E-state index is 12.0. The topological polar surface area (TPSA) is 134 Å². The van der Waals surface area contributed by atoms with Gasteiger partial charge in [-0.15, -0.1) is 10.2 Å². The zero-order chi connectivity index (χ0) is 16.4. The molecule has 0 spiro atoms. The van der Waals surface area contributed by atoms with Gasteiger partial charge in [-0.2, -0.15) is 5.21 Å². The fourth-order valence-corrected chi connectivity index (χ4v) is 2.21. The number of nitrogens with one attached hydrogen (secondary N) is 2. The van der Waals surface area contributed by atoms with E-state index in [1.807, 2.05) is 6.92 Å². The van der Waals surface area contributed by atoms with Crippen molar-refractivity contribution in [1.29, 1.82) is 0 Å². The van der Waals surface area contributed by atoms with E-state index in [4.69, 9.17) is 9.84 Å². The number of carbonyl (C=O) groups is 1. The molecule has 2 aromatic heterocycles. The highest BCUT2D eigenvalue weighted by atomic mass is 16.5. The van der Waals surface area contributed by atoms with Crippen LogP contribution < -0.4 is 10.3 Å². The zero-order valence-electron chi connectivity index (χ0n) is 12.2. The van der Waals surface area contributed by atoms with E-state index in [1.165, 1.54) is 0 Å². The second-order valence-electron chi connectivity index (χ2n) is 4.74. The Morgan fingerprint density at radius 2 is 2.17 bits per heavy atom. The zero-order valence-corrected chi connectivity index (χ0v) is 12.2. The molecule has 3 rings (SSSR count). The Labute approximate surface area is 129 Å². The van der Waals surface area contributed by atoms with E-state index in [-0.39, 0.29) is 23.4 Å². The van der Waals surface area contributed by atoms with Gasteiger partial charge in [-0.05, 0) is 24.6 Å². The number of carboxylic acids is 1. The minimum atomic E-state index is -0.934. The minimum Gasteiger partial charge on any atom is -0.493 e. The summed E-state index contributed by atoms with van der Waals surface area (Å²) in [4.78, 5) is 29.7. The molecule has 3 aromatic rings. The third kappa shape index (κ3) is 2.89. The highest BCUT2D eigenvalue weighted by molar-refractivity contribution is 5.75. The van der Waals surface area contributed by atoms with Gasteiger partial charge in [0.25, 0.3) is 5.56 Å². The average Bonchev–Trinajstić information content (AvgIpc) is 2.96. The standard InChI is InChI=1S/C14H13N5O4/c1-2-23-9-5-7(6-10(20)21)3-4-8(9)12-15-13-11(14(22)16-12)17-19-18-13/h3-5H,2,6H2,1H3,(H,20,21)(H2,15,16,17,18,19,22). The monoisotopic (exact) mass is 315 g/mol. The number of hydrogen-bond acceptors (Lipinski definition) is 6. The lowest BCUT2D eigenvalue weighted by Crippen LogP contribution is -2.10. The van der Waals surface area contributed by atoms with Crippen molar-refractivity contribution >= 4 is 17.1 Å². The summed E-state index contributed by atoms with van der Waals surface area (Å²) in [6.07, 6.45) is -0.118. The Bertz CT molecular complexity index is 930. The highest BCUT2D eigenvalue weighted by Gasteiger charge is 2.14. The van der Waals surface area contributed by atoms with Gasteiger partial charge < -0.3 is 14.8 Å². The molecule has 0 aliphatic carbocycles. The fraction of sp³-hybridized carbons (Fsp3) is 0.214. The molecule has 118 valence electrons. The van der Waals surface area contributed by atoms with E-state index in [0.29, 0.717) is 23.5 Å². The largest absolute Gasteiger partial charge is 0.493 e. The number of aromatic amines is 2. The molecule has 2 heterocycles. The molecule has 0 aliphatic rings. The molecule has 0 atom stereocenters. The third-order valence-corrected chi connectivity index (χ3v) is 3.15. The number of carboxylic acid groups (broad SMARTS) is 1. The summed E-state index contributed by atoms with van der Waals surface area (Å²) < 4.78 is 5.55. The van der Waals surface area contributed by atoms with Crippen molar-refractivity contribution < 1.29 is 14.6 Å². The van der Waals surface area contributed by atoms with E-state index < -0.39 is 11.5 Å². The molecule has 1 aromatic carbocycles. The van der Waals surface area contributed by atoms with Crippen LogP contribution in [0.5, 0.6) is 5.75 Å². The molecule has 0 amide bonds. The van der Waals surface area contributed by atoms with E-state index in [1.54, 1.807) is 18.2 Å². The smallest absolute Gasteiger partial charge is 0.307 e. The van der Waals surface area contributed by atoms with Crippen LogP contribution in [0, 0.1) is 0 Å². The Hall–Kier alpha value is -3.23. The maximum Gasteiger partial charge on any atom is 0.307 e. The number of aromatic nitrogens is 5. The first-order chi connectivity index (χ1) is 11.1. The molecule has 9 nitrogen and oxygen atoms in total. The van der Waals surface area contributed by atoms with Crippen LogP contribution in [-0.4, -0.2) is 43.1 Å². The van der Waals surface area contributed by atoms with Crippen LogP contribution in [0.3, 0.4) is 0 Å². The lowest BCUT2D eigenvalue weighted by Gasteiger charge is -2.11. The normalized spacial score (nSPS) is 10.8. The number of H-pyrrole nitrogens is 2. The van der Waals surface area contributed by atoms with Gasteiger partial charge in [-0.25, -0.2) is 4.98 Å². The van der Waals surface area contributed by atoms with Crippen molar-refractivity contribution in [2.75, 3.05) is 6.61 Å². The number of fused-ring (bicyclic) bond motifs is 1. The van der Waals surface area contributed by atoms with Crippen LogP contribution in [0.4, 0.5) is 0 Å². The van der Waals surface area contributed by atoms with Crippen molar-refractivity contribution in [1.82, 2.24) is 25.4 Å². The van der Waals surface area contributed by atoms with Crippen molar-refractivity contribution in [3.8, 4) is 17.1 Å². The average molecular weight is 315 g/mol. The Morgan fingerprint density at radius 1 is 1.35 bits per heavy atom. The molecule has 0 fully saturated rings. The number of nitrogens with zero attached hydrogens (tertiary/aromatic N) is 3. The molecular weight excluding hydrogens is 302 g/mol. The van der Waals surface area contributed by atoms with Crippen LogP contribution in [0.1, 0.15) is 12.5 Å². The van der Waals surface area contributed by atoms with Gasteiger partial charge in [0, 0.05) is 0 Å². The lowest BCUT2D eigenvalue weighted by atomic mass is 10.1. The number of aliphatic carboxylic acids is 1. The van der Waals surface area contributed by atoms with E-state index >= 15 is 0 Å². The molecule has 23 heavy (non-hydrogen) atoms. The fourth-order valence-electron chi connectivity index (χ4n) is 2.21. The molecule has 0 saturated carbocycles. The first-order valence-corrected chi connectivity index (χ1v) is 6.87. The van der Waals surface area contributed by atoms with Gasteiger partial charge in [0.2, 0.25) is 5.65 Å². The van der Waals surface area contributed by atoms with Crippen molar-refractivity contribution in [2.24, 2.45) is 0 Å². The number of rotatable bonds is 5. The molecule has 9 heteroatoms. The van der Waals surface area contributed by atoms with Gasteiger partial charge in [0.15, 0.2) is 5.52 Å². The number of ether oxygens (including phenoxy) is 1. The minimum absolute atomic E-state index is 0.118. The van der Waals surface area contributed by atoms with Crippen LogP contribution in [0.15, 0.2) is 23.0 Å². The van der Waals surface area contributed by atoms with Crippen LogP contribution >= 0.6 is 0 Å². The summed E-state index contributed by atoms with van der Waals surface area (Å²) in [5.41, 5.74) is 1.03. The number of hydrogen-bond donors (Lipinski definition) is 3. The lowest BCUT2D eigenvalue weighted by molar-refractivity contribution is -0.136. The second kappa shape index (κ2) is 5.87. The SMILES string of the molecule is CCOc1cc(CC(=O)O)ccc1-c1nc2n[nH]nc2c(=O)[nH]1. The van der Waals surface area contributed by atoms with E-state index in [9.17, 15) is 9.59 Å². The van der Waals surface area contributed by atoms with Gasteiger partial charge in [-0.1, -0.05) is 6.07 Å². The molecule has 3 N–H and O–H groups in total. The van der Waals surface area contributed by atoms with Crippen LogP contribution in [-0.2, 0) is 11.2 Å². The highest BCUT2D eigenvalue weighted by Crippen LogP contribution is 2.29. The molecule has 0 saturated heterocycles. The van der Waals surface area contributed by atoms with Gasteiger partial charge in [0.1, 0.15) is 11.6 Å². The van der Waals surface area contributed by atoms with Crippen molar-refractivity contribution in [2.45, 2.75) is 13.3 Å².